The highest BCUT2D eigenvalue weighted by Crippen LogP contribution is 2.34. The first-order chi connectivity index (χ1) is 10.8. The van der Waals surface area contributed by atoms with Crippen molar-refractivity contribution in [3.05, 3.63) is 35.4 Å². The van der Waals surface area contributed by atoms with Crippen LogP contribution in [0.4, 0.5) is 0 Å². The molecular formula is C14H14O8S2. The first-order valence-electron chi connectivity index (χ1n) is 6.58. The van der Waals surface area contributed by atoms with Gasteiger partial charge in [0.15, 0.2) is 5.78 Å². The highest BCUT2D eigenvalue weighted by atomic mass is 32.2. The Kier molecular flexibility index (Phi) is 4.55. The molecule has 1 atom stereocenters. The van der Waals surface area contributed by atoms with Crippen LogP contribution in [0.3, 0.4) is 0 Å². The molecule has 3 N–H and O–H groups in total. The van der Waals surface area contributed by atoms with Crippen molar-refractivity contribution in [3.8, 4) is 0 Å². The summed E-state index contributed by atoms with van der Waals surface area (Å²) in [4.78, 5) is 10.2. The predicted octanol–water partition coefficient (Wildman–Crippen LogP) is 1.59. The molecule has 0 heterocycles. The monoisotopic (exact) mass is 374 g/mol. The number of carbonyl (C=O) groups excluding carboxylic acids is 1. The number of aliphatic hydroxyl groups excluding tert-OH is 1. The SMILES string of the molecule is CC(=O)c1ccc(C(C)O)c2cc(S(=O)(=O)O)cc(S(=O)(=O)O)c12. The van der Waals surface area contributed by atoms with Gasteiger partial charge in [0.2, 0.25) is 0 Å². The summed E-state index contributed by atoms with van der Waals surface area (Å²) in [5.74, 6) is -0.526. The second-order valence-corrected chi connectivity index (χ2v) is 8.04. The molecule has 0 fully saturated rings. The van der Waals surface area contributed by atoms with Gasteiger partial charge in [-0.25, -0.2) is 0 Å². The Balaban J connectivity index is 3.22. The molecule has 0 aromatic heterocycles. The zero-order chi connectivity index (χ0) is 18.4. The second kappa shape index (κ2) is 5.90. The molecule has 0 spiro atoms. The van der Waals surface area contributed by atoms with Crippen molar-refractivity contribution in [1.82, 2.24) is 0 Å². The average molecular weight is 374 g/mol. The maximum atomic E-state index is 11.8. The lowest BCUT2D eigenvalue weighted by molar-refractivity contribution is 0.101. The normalized spacial score (nSPS) is 13.9. The van der Waals surface area contributed by atoms with E-state index in [4.69, 9.17) is 0 Å². The van der Waals surface area contributed by atoms with E-state index in [1.54, 1.807) is 0 Å². The lowest BCUT2D eigenvalue weighted by Gasteiger charge is -2.15. The zero-order valence-corrected chi connectivity index (χ0v) is 14.2. The van der Waals surface area contributed by atoms with Crippen LogP contribution in [0.25, 0.3) is 10.8 Å². The third kappa shape index (κ3) is 3.32. The molecule has 24 heavy (non-hydrogen) atoms. The van der Waals surface area contributed by atoms with Crippen molar-refractivity contribution in [2.45, 2.75) is 29.7 Å². The van der Waals surface area contributed by atoms with E-state index in [0.717, 1.165) is 6.07 Å². The van der Waals surface area contributed by atoms with E-state index in [1.165, 1.54) is 26.0 Å². The number of hydrogen-bond acceptors (Lipinski definition) is 6. The van der Waals surface area contributed by atoms with Gasteiger partial charge in [0, 0.05) is 10.9 Å². The number of hydrogen-bond donors (Lipinski definition) is 3. The molecule has 0 aliphatic rings. The molecule has 8 nitrogen and oxygen atoms in total. The fourth-order valence-electron chi connectivity index (χ4n) is 2.45. The molecule has 130 valence electrons. The van der Waals surface area contributed by atoms with Gasteiger partial charge in [-0.1, -0.05) is 12.1 Å². The van der Waals surface area contributed by atoms with Crippen LogP contribution in [0.15, 0.2) is 34.1 Å². The van der Waals surface area contributed by atoms with Crippen LogP contribution >= 0.6 is 0 Å². The Hall–Kier alpha value is -1.85. The molecule has 0 bridgehead atoms. The molecule has 2 aromatic rings. The summed E-state index contributed by atoms with van der Waals surface area (Å²) in [5.41, 5.74) is 0.0503. The van der Waals surface area contributed by atoms with Crippen LogP contribution < -0.4 is 0 Å². The van der Waals surface area contributed by atoms with E-state index >= 15 is 0 Å². The first-order valence-corrected chi connectivity index (χ1v) is 9.46. The van der Waals surface area contributed by atoms with Gasteiger partial charge < -0.3 is 5.11 Å². The van der Waals surface area contributed by atoms with Crippen LogP contribution in [-0.4, -0.2) is 36.8 Å². The summed E-state index contributed by atoms with van der Waals surface area (Å²) in [6.45, 7) is 2.52. The lowest BCUT2D eigenvalue weighted by Crippen LogP contribution is -2.08. The number of Topliss-reactive ketones (excluding diaryl/α,β-unsaturated/α-hetero) is 1. The van der Waals surface area contributed by atoms with Gasteiger partial charge in [-0.05, 0) is 36.9 Å². The minimum Gasteiger partial charge on any atom is -0.389 e. The van der Waals surface area contributed by atoms with Gasteiger partial charge in [0.1, 0.15) is 4.90 Å². The summed E-state index contributed by atoms with van der Waals surface area (Å²) < 4.78 is 64.8. The highest BCUT2D eigenvalue weighted by molar-refractivity contribution is 7.86. The topological polar surface area (TPSA) is 146 Å². The molecule has 0 radical (unpaired) electrons. The molecule has 0 amide bonds. The number of benzene rings is 2. The fraction of sp³-hybridized carbons (Fsp3) is 0.214. The molecule has 0 saturated carbocycles. The molecule has 0 aliphatic carbocycles. The van der Waals surface area contributed by atoms with E-state index in [-0.39, 0.29) is 21.9 Å². The molecule has 2 aromatic carbocycles. The summed E-state index contributed by atoms with van der Waals surface area (Å²) in [6.07, 6.45) is -1.13. The van der Waals surface area contributed by atoms with Gasteiger partial charge in [-0.15, -0.1) is 0 Å². The Morgan fingerprint density at radius 1 is 1.04 bits per heavy atom. The van der Waals surface area contributed by atoms with Gasteiger partial charge in [-0.3, -0.25) is 13.9 Å². The summed E-state index contributed by atoms with van der Waals surface area (Å²) in [7, 11) is -9.71. The average Bonchev–Trinajstić information content (AvgIpc) is 2.42. The van der Waals surface area contributed by atoms with Crippen molar-refractivity contribution in [3.63, 3.8) is 0 Å². The van der Waals surface area contributed by atoms with E-state index in [2.05, 4.69) is 0 Å². The van der Waals surface area contributed by atoms with Crippen molar-refractivity contribution in [2.75, 3.05) is 0 Å². The minimum absolute atomic E-state index is 0.0797. The lowest BCUT2D eigenvalue weighted by atomic mass is 9.95. The minimum atomic E-state index is -4.92. The Morgan fingerprint density at radius 3 is 2.04 bits per heavy atom. The molecular weight excluding hydrogens is 360 g/mol. The van der Waals surface area contributed by atoms with Gasteiger partial charge >= 0.3 is 0 Å². The molecule has 0 saturated heterocycles. The molecule has 0 aliphatic heterocycles. The maximum Gasteiger partial charge on any atom is 0.295 e. The fourth-order valence-corrected chi connectivity index (χ4v) is 3.81. The number of rotatable bonds is 4. The maximum absolute atomic E-state index is 11.8. The van der Waals surface area contributed by atoms with Crippen LogP contribution in [0.1, 0.15) is 35.9 Å². The first kappa shape index (κ1) is 18.5. The van der Waals surface area contributed by atoms with E-state index in [0.29, 0.717) is 6.07 Å². The predicted molar refractivity (Wildman–Crippen MR) is 84.2 cm³/mol. The number of fused-ring (bicyclic) bond motifs is 1. The Bertz CT molecular complexity index is 1050. The standard InChI is InChI=1S/C14H14O8S2/c1-7(15)10-3-4-11(8(2)16)14-12(10)5-9(23(17,18)19)6-13(14)24(20,21)22/h3-7,15H,1-2H3,(H,17,18,19)(H,20,21,22). The number of aliphatic hydroxyl groups is 1. The quantitative estimate of drug-likeness (QED) is 0.540. The van der Waals surface area contributed by atoms with Crippen molar-refractivity contribution < 1.29 is 35.8 Å². The highest BCUT2D eigenvalue weighted by Gasteiger charge is 2.25. The third-order valence-electron chi connectivity index (χ3n) is 3.49. The smallest absolute Gasteiger partial charge is 0.295 e. The van der Waals surface area contributed by atoms with Gasteiger partial charge in [0.25, 0.3) is 20.2 Å². The van der Waals surface area contributed by atoms with Crippen molar-refractivity contribution >= 4 is 36.8 Å². The van der Waals surface area contributed by atoms with E-state index in [1.807, 2.05) is 0 Å². The second-order valence-electron chi connectivity index (χ2n) is 5.23. The van der Waals surface area contributed by atoms with Crippen molar-refractivity contribution in [1.29, 1.82) is 0 Å². The van der Waals surface area contributed by atoms with Crippen LogP contribution in [0, 0.1) is 0 Å². The van der Waals surface area contributed by atoms with Crippen LogP contribution in [-0.2, 0) is 20.2 Å². The van der Waals surface area contributed by atoms with E-state index < -0.39 is 41.9 Å². The number of carbonyl (C=O) groups is 1. The third-order valence-corrected chi connectivity index (χ3v) is 5.20. The Morgan fingerprint density at radius 2 is 1.62 bits per heavy atom. The summed E-state index contributed by atoms with van der Waals surface area (Å²) >= 11 is 0. The summed E-state index contributed by atoms with van der Waals surface area (Å²) in [6, 6.07) is 4.11. The molecule has 2 rings (SSSR count). The van der Waals surface area contributed by atoms with Gasteiger partial charge in [0.05, 0.1) is 11.0 Å². The van der Waals surface area contributed by atoms with Crippen molar-refractivity contribution in [2.24, 2.45) is 0 Å². The van der Waals surface area contributed by atoms with Crippen LogP contribution in [0.5, 0.6) is 0 Å². The van der Waals surface area contributed by atoms with Gasteiger partial charge in [-0.2, -0.15) is 16.8 Å². The number of ketones is 1. The zero-order valence-electron chi connectivity index (χ0n) is 12.6. The summed E-state index contributed by atoms with van der Waals surface area (Å²) in [5, 5.41) is 9.52. The molecule has 10 heteroatoms. The molecule has 1 unspecified atom stereocenters. The Labute approximate surface area is 138 Å². The largest absolute Gasteiger partial charge is 0.389 e. The van der Waals surface area contributed by atoms with Crippen LogP contribution in [0.2, 0.25) is 0 Å². The van der Waals surface area contributed by atoms with E-state index in [9.17, 15) is 35.8 Å².